The van der Waals surface area contributed by atoms with Gasteiger partial charge in [0.15, 0.2) is 5.75 Å². The monoisotopic (exact) mass is 252 g/mol. The van der Waals surface area contributed by atoms with Crippen molar-refractivity contribution in [1.29, 1.82) is 0 Å². The van der Waals surface area contributed by atoms with Crippen LogP contribution in [0.2, 0.25) is 0 Å². The van der Waals surface area contributed by atoms with Gasteiger partial charge in [-0.2, -0.15) is 0 Å². The van der Waals surface area contributed by atoms with Crippen molar-refractivity contribution in [3.63, 3.8) is 0 Å². The van der Waals surface area contributed by atoms with Crippen LogP contribution in [0.3, 0.4) is 0 Å². The Labute approximate surface area is 105 Å². The molecule has 1 aliphatic rings. The molecule has 18 heavy (non-hydrogen) atoms. The highest BCUT2D eigenvalue weighted by atomic mass is 16.6. The quantitative estimate of drug-likeness (QED) is 0.642. The van der Waals surface area contributed by atoms with E-state index in [9.17, 15) is 10.1 Å². The second kappa shape index (κ2) is 5.68. The van der Waals surface area contributed by atoms with Gasteiger partial charge in [0.2, 0.25) is 0 Å². The Balaban J connectivity index is 2.26. The van der Waals surface area contributed by atoms with Gasteiger partial charge in [0, 0.05) is 13.0 Å². The average molecular weight is 252 g/mol. The zero-order valence-corrected chi connectivity index (χ0v) is 10.2. The molecule has 1 saturated heterocycles. The summed E-state index contributed by atoms with van der Waals surface area (Å²) in [5.74, 6) is 0.300. The number of ether oxygens (including phenoxy) is 2. The normalized spacial score (nSPS) is 18.6. The molecule has 2 rings (SSSR count). The van der Waals surface area contributed by atoms with Crippen LogP contribution in [0.15, 0.2) is 18.2 Å². The molecule has 6 heteroatoms. The zero-order chi connectivity index (χ0) is 13.0. The molecule has 1 unspecified atom stereocenters. The fourth-order valence-electron chi connectivity index (χ4n) is 1.92. The molecule has 1 N–H and O–H groups in total. The van der Waals surface area contributed by atoms with Crippen molar-refractivity contribution in [2.75, 3.05) is 25.1 Å². The molecule has 0 spiro atoms. The summed E-state index contributed by atoms with van der Waals surface area (Å²) >= 11 is 0. The maximum Gasteiger partial charge on any atom is 0.333 e. The first-order valence-electron chi connectivity index (χ1n) is 5.98. The zero-order valence-electron chi connectivity index (χ0n) is 10.2. The summed E-state index contributed by atoms with van der Waals surface area (Å²) in [7, 11) is 0. The lowest BCUT2D eigenvalue weighted by Gasteiger charge is -2.13. The van der Waals surface area contributed by atoms with Gasteiger partial charge in [-0.1, -0.05) is 6.07 Å². The minimum absolute atomic E-state index is 0.00810. The van der Waals surface area contributed by atoms with Gasteiger partial charge in [0.05, 0.1) is 18.1 Å². The molecule has 98 valence electrons. The largest absolute Gasteiger partial charge is 0.481 e. The number of anilines is 1. The van der Waals surface area contributed by atoms with Crippen LogP contribution in [0.4, 0.5) is 11.4 Å². The number of para-hydroxylation sites is 1. The highest BCUT2D eigenvalue weighted by Gasteiger charge is 2.25. The maximum absolute atomic E-state index is 11.1. The van der Waals surface area contributed by atoms with Crippen molar-refractivity contribution >= 4 is 11.4 Å². The molecule has 0 saturated carbocycles. The van der Waals surface area contributed by atoms with Gasteiger partial charge in [-0.25, -0.2) is 0 Å². The Bertz CT molecular complexity index is 430. The molecule has 0 radical (unpaired) electrons. The van der Waals surface area contributed by atoms with Crippen molar-refractivity contribution in [3.8, 4) is 5.75 Å². The van der Waals surface area contributed by atoms with Crippen molar-refractivity contribution < 1.29 is 14.4 Å². The summed E-state index contributed by atoms with van der Waals surface area (Å²) in [6.45, 7) is 3.65. The van der Waals surface area contributed by atoms with Gasteiger partial charge < -0.3 is 14.8 Å². The van der Waals surface area contributed by atoms with Crippen LogP contribution in [0, 0.1) is 10.1 Å². The van der Waals surface area contributed by atoms with Gasteiger partial charge in [0.25, 0.3) is 0 Å². The maximum atomic E-state index is 11.1. The number of nitro groups is 1. The molecule has 0 bridgehead atoms. The number of rotatable bonds is 5. The van der Waals surface area contributed by atoms with E-state index in [4.69, 9.17) is 9.47 Å². The number of benzene rings is 1. The molecule has 0 aromatic heterocycles. The van der Waals surface area contributed by atoms with Gasteiger partial charge in [-0.3, -0.25) is 10.1 Å². The highest BCUT2D eigenvalue weighted by Crippen LogP contribution is 2.35. The Morgan fingerprint density at radius 1 is 1.61 bits per heavy atom. The van der Waals surface area contributed by atoms with Gasteiger partial charge in [0.1, 0.15) is 11.8 Å². The molecular formula is C12H16N2O4. The lowest BCUT2D eigenvalue weighted by Crippen LogP contribution is -2.16. The van der Waals surface area contributed by atoms with Crippen LogP contribution >= 0.6 is 0 Å². The molecule has 6 nitrogen and oxygen atoms in total. The highest BCUT2D eigenvalue weighted by molar-refractivity contribution is 5.68. The fourth-order valence-corrected chi connectivity index (χ4v) is 1.92. The summed E-state index contributed by atoms with van der Waals surface area (Å²) in [6.07, 6.45) is 0.670. The van der Waals surface area contributed by atoms with E-state index in [0.717, 1.165) is 6.42 Å². The minimum Gasteiger partial charge on any atom is -0.481 e. The van der Waals surface area contributed by atoms with E-state index in [1.54, 1.807) is 18.2 Å². The first-order chi connectivity index (χ1) is 8.72. The van der Waals surface area contributed by atoms with E-state index in [0.29, 0.717) is 31.2 Å². The molecule has 1 atom stereocenters. The second-order valence-electron chi connectivity index (χ2n) is 4.04. The third-order valence-corrected chi connectivity index (χ3v) is 2.73. The third-order valence-electron chi connectivity index (χ3n) is 2.73. The molecule has 0 amide bonds. The molecular weight excluding hydrogens is 236 g/mol. The van der Waals surface area contributed by atoms with Crippen LogP contribution in [0.1, 0.15) is 13.3 Å². The molecule has 1 aromatic carbocycles. The smallest absolute Gasteiger partial charge is 0.333 e. The molecule has 0 aliphatic carbocycles. The summed E-state index contributed by atoms with van der Waals surface area (Å²) in [5.41, 5.74) is 0.477. The van der Waals surface area contributed by atoms with Crippen molar-refractivity contribution in [2.45, 2.75) is 19.4 Å². The second-order valence-corrected chi connectivity index (χ2v) is 4.04. The van der Waals surface area contributed by atoms with E-state index in [-0.39, 0.29) is 11.8 Å². The van der Waals surface area contributed by atoms with Crippen LogP contribution in [-0.4, -0.2) is 30.8 Å². The fraction of sp³-hybridized carbons (Fsp3) is 0.500. The average Bonchev–Trinajstić information content (AvgIpc) is 2.82. The van der Waals surface area contributed by atoms with E-state index in [1.165, 1.54) is 0 Å². The van der Waals surface area contributed by atoms with Crippen molar-refractivity contribution in [2.24, 2.45) is 0 Å². The van der Waals surface area contributed by atoms with Crippen LogP contribution in [-0.2, 0) is 4.74 Å². The predicted molar refractivity (Wildman–Crippen MR) is 67.1 cm³/mol. The van der Waals surface area contributed by atoms with Crippen molar-refractivity contribution in [3.05, 3.63) is 28.3 Å². The first-order valence-corrected chi connectivity index (χ1v) is 5.98. The summed E-state index contributed by atoms with van der Waals surface area (Å²) in [5, 5.41) is 14.1. The van der Waals surface area contributed by atoms with E-state index in [1.807, 2.05) is 6.92 Å². The Kier molecular flexibility index (Phi) is 3.99. The van der Waals surface area contributed by atoms with Crippen LogP contribution < -0.4 is 10.1 Å². The standard InChI is InChI=1S/C12H16N2O4/c1-2-13-10-4-3-5-11(12(10)14(15)16)18-9-6-7-17-8-9/h3-5,9,13H,2,6-8H2,1H3. The van der Waals surface area contributed by atoms with E-state index >= 15 is 0 Å². The van der Waals surface area contributed by atoms with Gasteiger partial charge >= 0.3 is 5.69 Å². The number of nitrogens with one attached hydrogen (secondary N) is 1. The molecule has 1 heterocycles. The number of nitrogens with zero attached hydrogens (tertiary/aromatic N) is 1. The third kappa shape index (κ3) is 2.70. The first kappa shape index (κ1) is 12.6. The van der Waals surface area contributed by atoms with Crippen LogP contribution in [0.25, 0.3) is 0 Å². The van der Waals surface area contributed by atoms with Crippen molar-refractivity contribution in [1.82, 2.24) is 0 Å². The van der Waals surface area contributed by atoms with E-state index in [2.05, 4.69) is 5.32 Å². The van der Waals surface area contributed by atoms with Gasteiger partial charge in [-0.15, -0.1) is 0 Å². The Morgan fingerprint density at radius 2 is 2.44 bits per heavy atom. The molecule has 1 fully saturated rings. The predicted octanol–water partition coefficient (Wildman–Crippen LogP) is 2.19. The lowest BCUT2D eigenvalue weighted by atomic mass is 10.2. The Hall–Kier alpha value is -1.82. The SMILES string of the molecule is CCNc1cccc(OC2CCOC2)c1[N+](=O)[O-]. The Morgan fingerprint density at radius 3 is 3.06 bits per heavy atom. The lowest BCUT2D eigenvalue weighted by molar-refractivity contribution is -0.385. The minimum atomic E-state index is -0.414. The van der Waals surface area contributed by atoms with E-state index < -0.39 is 4.92 Å². The molecule has 1 aliphatic heterocycles. The van der Waals surface area contributed by atoms with Gasteiger partial charge in [-0.05, 0) is 19.1 Å². The molecule has 1 aromatic rings. The summed E-state index contributed by atoms with van der Waals surface area (Å²) in [6, 6.07) is 5.05. The summed E-state index contributed by atoms with van der Waals surface area (Å²) in [4.78, 5) is 10.7. The number of nitro benzene ring substituents is 1. The summed E-state index contributed by atoms with van der Waals surface area (Å²) < 4.78 is 10.8. The number of hydrogen-bond donors (Lipinski definition) is 1. The van der Waals surface area contributed by atoms with Crippen LogP contribution in [0.5, 0.6) is 5.75 Å². The number of hydrogen-bond acceptors (Lipinski definition) is 5. The topological polar surface area (TPSA) is 73.6 Å².